The Bertz CT molecular complexity index is 343. The van der Waals surface area contributed by atoms with Crippen LogP contribution in [0.4, 0.5) is 4.79 Å². The van der Waals surface area contributed by atoms with Crippen molar-refractivity contribution < 1.29 is 4.79 Å². The summed E-state index contributed by atoms with van der Waals surface area (Å²) in [4.78, 5) is 19.0. The lowest BCUT2D eigenvalue weighted by molar-refractivity contribution is 0.232. The first-order valence-electron chi connectivity index (χ1n) is 6.36. The minimum absolute atomic E-state index is 0.0357. The second-order valence-electron chi connectivity index (χ2n) is 4.53. The number of carbonyl (C=O) groups excluding carboxylic acids is 1. The van der Waals surface area contributed by atoms with E-state index in [4.69, 9.17) is 0 Å². The van der Waals surface area contributed by atoms with E-state index in [0.29, 0.717) is 6.04 Å². The maximum atomic E-state index is 11.8. The van der Waals surface area contributed by atoms with Crippen LogP contribution in [-0.2, 0) is 0 Å². The highest BCUT2D eigenvalue weighted by Crippen LogP contribution is 2.18. The summed E-state index contributed by atoms with van der Waals surface area (Å²) >= 11 is 0. The van der Waals surface area contributed by atoms with Crippen LogP contribution in [0.25, 0.3) is 0 Å². The minimum Gasteiger partial charge on any atom is -0.347 e. The smallest absolute Gasteiger partial charge is 0.315 e. The van der Waals surface area contributed by atoms with Crippen LogP contribution in [-0.4, -0.2) is 22.0 Å². The average molecular weight is 236 g/mol. The number of imidazole rings is 1. The van der Waals surface area contributed by atoms with E-state index in [-0.39, 0.29) is 12.1 Å². The van der Waals surface area contributed by atoms with Gasteiger partial charge in [0.05, 0.1) is 6.04 Å². The van der Waals surface area contributed by atoms with Crippen molar-refractivity contribution in [2.45, 2.75) is 51.1 Å². The number of nitrogens with zero attached hydrogens (tertiary/aromatic N) is 1. The molecule has 1 fully saturated rings. The Morgan fingerprint density at radius 2 is 2.35 bits per heavy atom. The van der Waals surface area contributed by atoms with E-state index < -0.39 is 0 Å². The van der Waals surface area contributed by atoms with E-state index >= 15 is 0 Å². The third-order valence-electron chi connectivity index (χ3n) is 3.25. The molecule has 1 aromatic heterocycles. The largest absolute Gasteiger partial charge is 0.347 e. The van der Waals surface area contributed by atoms with Crippen LogP contribution in [0.5, 0.6) is 0 Å². The third-order valence-corrected chi connectivity index (χ3v) is 3.25. The Morgan fingerprint density at radius 3 is 2.94 bits per heavy atom. The molecule has 1 unspecified atom stereocenters. The van der Waals surface area contributed by atoms with Crippen LogP contribution < -0.4 is 10.6 Å². The zero-order valence-electron chi connectivity index (χ0n) is 10.2. The first-order valence-corrected chi connectivity index (χ1v) is 6.36. The van der Waals surface area contributed by atoms with Gasteiger partial charge in [-0.15, -0.1) is 0 Å². The zero-order chi connectivity index (χ0) is 12.1. The molecule has 1 aromatic rings. The summed E-state index contributed by atoms with van der Waals surface area (Å²) in [6.45, 7) is 2.03. The maximum Gasteiger partial charge on any atom is 0.315 e. The van der Waals surface area contributed by atoms with Gasteiger partial charge in [0.2, 0.25) is 0 Å². The molecule has 0 aromatic carbocycles. The quantitative estimate of drug-likeness (QED) is 0.749. The van der Waals surface area contributed by atoms with E-state index in [0.717, 1.165) is 25.1 Å². The lowest BCUT2D eigenvalue weighted by atomic mass is 10.2. The van der Waals surface area contributed by atoms with Gasteiger partial charge in [-0.3, -0.25) is 0 Å². The number of aromatic amines is 1. The summed E-state index contributed by atoms with van der Waals surface area (Å²) in [6.07, 6.45) is 8.95. The molecular weight excluding hydrogens is 216 g/mol. The highest BCUT2D eigenvalue weighted by molar-refractivity contribution is 5.74. The Hall–Kier alpha value is -1.52. The summed E-state index contributed by atoms with van der Waals surface area (Å²) in [5.74, 6) is 0.814. The highest BCUT2D eigenvalue weighted by atomic mass is 16.2. The first kappa shape index (κ1) is 12.0. The van der Waals surface area contributed by atoms with Crippen LogP contribution in [0.1, 0.15) is 50.9 Å². The van der Waals surface area contributed by atoms with Gasteiger partial charge in [-0.2, -0.15) is 0 Å². The van der Waals surface area contributed by atoms with Crippen LogP contribution in [0.15, 0.2) is 12.4 Å². The second kappa shape index (κ2) is 5.70. The number of urea groups is 1. The number of hydrogen-bond donors (Lipinski definition) is 3. The van der Waals surface area contributed by atoms with Crippen LogP contribution in [0.2, 0.25) is 0 Å². The fraction of sp³-hybridized carbons (Fsp3) is 0.667. The van der Waals surface area contributed by atoms with Gasteiger partial charge in [-0.05, 0) is 19.3 Å². The first-order chi connectivity index (χ1) is 8.29. The summed E-state index contributed by atoms with van der Waals surface area (Å²) in [6, 6.07) is 0.232. The number of rotatable bonds is 4. The SMILES string of the molecule is CCC(NC(=O)NC1CCCC1)c1ncc[nH]1. The number of nitrogens with one attached hydrogen (secondary N) is 3. The van der Waals surface area contributed by atoms with Gasteiger partial charge in [0.1, 0.15) is 5.82 Å². The maximum absolute atomic E-state index is 11.8. The lowest BCUT2D eigenvalue weighted by Crippen LogP contribution is -2.42. The Balaban J connectivity index is 1.83. The van der Waals surface area contributed by atoms with Gasteiger partial charge in [0.25, 0.3) is 0 Å². The van der Waals surface area contributed by atoms with Crippen molar-refractivity contribution in [2.75, 3.05) is 0 Å². The van der Waals surface area contributed by atoms with Crippen molar-refractivity contribution >= 4 is 6.03 Å². The molecule has 94 valence electrons. The second-order valence-corrected chi connectivity index (χ2v) is 4.53. The molecule has 2 amide bonds. The molecule has 0 radical (unpaired) electrons. The van der Waals surface area contributed by atoms with Gasteiger partial charge in [-0.25, -0.2) is 9.78 Å². The molecule has 0 bridgehead atoms. The number of hydrogen-bond acceptors (Lipinski definition) is 2. The Labute approximate surface area is 101 Å². The molecular formula is C12H20N4O. The topological polar surface area (TPSA) is 69.8 Å². The molecule has 17 heavy (non-hydrogen) atoms. The zero-order valence-corrected chi connectivity index (χ0v) is 10.2. The normalized spacial score (nSPS) is 17.9. The van der Waals surface area contributed by atoms with Crippen molar-refractivity contribution in [3.63, 3.8) is 0 Å². The molecule has 0 saturated heterocycles. The van der Waals surface area contributed by atoms with Crippen LogP contribution >= 0.6 is 0 Å². The fourth-order valence-corrected chi connectivity index (χ4v) is 2.29. The number of aromatic nitrogens is 2. The Kier molecular flexibility index (Phi) is 4.01. The van der Waals surface area contributed by atoms with E-state index in [9.17, 15) is 4.79 Å². The average Bonchev–Trinajstić information content (AvgIpc) is 2.97. The van der Waals surface area contributed by atoms with Crippen molar-refractivity contribution in [3.05, 3.63) is 18.2 Å². The lowest BCUT2D eigenvalue weighted by Gasteiger charge is -2.18. The van der Waals surface area contributed by atoms with Gasteiger partial charge in [0, 0.05) is 18.4 Å². The fourth-order valence-electron chi connectivity index (χ4n) is 2.29. The minimum atomic E-state index is -0.0832. The Morgan fingerprint density at radius 1 is 1.59 bits per heavy atom. The predicted octanol–water partition coefficient (Wildman–Crippen LogP) is 2.10. The number of amides is 2. The molecule has 3 N–H and O–H groups in total. The molecule has 5 nitrogen and oxygen atoms in total. The van der Waals surface area contributed by atoms with E-state index in [1.807, 2.05) is 6.92 Å². The van der Waals surface area contributed by atoms with E-state index in [2.05, 4.69) is 20.6 Å². The molecule has 1 aliphatic rings. The van der Waals surface area contributed by atoms with Gasteiger partial charge >= 0.3 is 6.03 Å². The molecule has 1 saturated carbocycles. The third kappa shape index (κ3) is 3.22. The van der Waals surface area contributed by atoms with Crippen molar-refractivity contribution in [2.24, 2.45) is 0 Å². The van der Waals surface area contributed by atoms with E-state index in [1.54, 1.807) is 12.4 Å². The molecule has 1 heterocycles. The highest BCUT2D eigenvalue weighted by Gasteiger charge is 2.19. The standard InChI is InChI=1S/C12H20N4O/c1-2-10(11-13-7-8-14-11)16-12(17)15-9-5-3-4-6-9/h7-10H,2-6H2,1H3,(H,13,14)(H2,15,16,17). The van der Waals surface area contributed by atoms with Crippen molar-refractivity contribution in [1.82, 2.24) is 20.6 Å². The predicted molar refractivity (Wildman–Crippen MR) is 65.5 cm³/mol. The van der Waals surface area contributed by atoms with E-state index in [1.165, 1.54) is 12.8 Å². The molecule has 1 aliphatic carbocycles. The van der Waals surface area contributed by atoms with Gasteiger partial charge < -0.3 is 15.6 Å². The van der Waals surface area contributed by atoms with Crippen molar-refractivity contribution in [1.29, 1.82) is 0 Å². The molecule has 0 spiro atoms. The summed E-state index contributed by atoms with van der Waals surface area (Å²) in [5, 5.41) is 5.97. The number of carbonyl (C=O) groups is 1. The molecule has 2 rings (SSSR count). The van der Waals surface area contributed by atoms with Crippen molar-refractivity contribution in [3.8, 4) is 0 Å². The monoisotopic (exact) mass is 236 g/mol. The summed E-state index contributed by atoms with van der Waals surface area (Å²) in [7, 11) is 0. The molecule has 0 aliphatic heterocycles. The van der Waals surface area contributed by atoms with Gasteiger partial charge in [0.15, 0.2) is 0 Å². The summed E-state index contributed by atoms with van der Waals surface area (Å²) in [5.41, 5.74) is 0. The van der Waals surface area contributed by atoms with Crippen LogP contribution in [0, 0.1) is 0 Å². The molecule has 1 atom stereocenters. The van der Waals surface area contributed by atoms with Crippen LogP contribution in [0.3, 0.4) is 0 Å². The summed E-state index contributed by atoms with van der Waals surface area (Å²) < 4.78 is 0. The molecule has 5 heteroatoms. The number of H-pyrrole nitrogens is 1. The van der Waals surface area contributed by atoms with Gasteiger partial charge in [-0.1, -0.05) is 19.8 Å².